The van der Waals surface area contributed by atoms with Crippen LogP contribution in [-0.4, -0.2) is 30.7 Å². The van der Waals surface area contributed by atoms with E-state index in [0.29, 0.717) is 32.1 Å². The zero-order valence-electron chi connectivity index (χ0n) is 12.7. The van der Waals surface area contributed by atoms with E-state index in [0.717, 1.165) is 5.56 Å². The van der Waals surface area contributed by atoms with E-state index in [1.807, 2.05) is 30.3 Å². The van der Waals surface area contributed by atoms with E-state index in [2.05, 4.69) is 19.2 Å². The Kier molecular flexibility index (Phi) is 7.93. The minimum Gasteiger partial charge on any atom is -0.393 e. The lowest BCUT2D eigenvalue weighted by molar-refractivity contribution is -0.123. The first-order valence-electron chi connectivity index (χ1n) is 7.19. The Bertz CT molecular complexity index is 449. The maximum absolute atomic E-state index is 12.2. The lowest BCUT2D eigenvalue weighted by Gasteiger charge is -2.16. The summed E-state index contributed by atoms with van der Waals surface area (Å²) in [6, 6.07) is 9.73. The van der Waals surface area contributed by atoms with Crippen LogP contribution in [0.15, 0.2) is 30.3 Å². The summed E-state index contributed by atoms with van der Waals surface area (Å²) >= 11 is 5.01. The number of hydrogen-bond donors (Lipinski definition) is 2. The molecule has 0 saturated carbocycles. The van der Waals surface area contributed by atoms with Crippen molar-refractivity contribution >= 4 is 23.1 Å². The maximum Gasteiger partial charge on any atom is 0.230 e. The molecule has 0 spiro atoms. The summed E-state index contributed by atoms with van der Waals surface area (Å²) in [6.45, 7) is 5.83. The van der Waals surface area contributed by atoms with Gasteiger partial charge in [0.05, 0.1) is 17.5 Å². The molecule has 0 heterocycles. The number of carbonyl (C=O) groups excluding carboxylic acids is 1. The van der Waals surface area contributed by atoms with E-state index < -0.39 is 5.92 Å². The number of thiocarbonyl (C=S) groups is 1. The molecular formula is C16H24N2O2S. The van der Waals surface area contributed by atoms with Crippen molar-refractivity contribution in [2.24, 2.45) is 17.6 Å². The highest BCUT2D eigenvalue weighted by molar-refractivity contribution is 7.80. The third-order valence-corrected chi connectivity index (χ3v) is 3.22. The Balaban J connectivity index is 2.41. The molecule has 1 aromatic carbocycles. The largest absolute Gasteiger partial charge is 0.393 e. The van der Waals surface area contributed by atoms with E-state index in [1.54, 1.807) is 0 Å². The number of amides is 1. The van der Waals surface area contributed by atoms with Crippen molar-refractivity contribution < 1.29 is 9.53 Å². The third kappa shape index (κ3) is 7.20. The fourth-order valence-electron chi connectivity index (χ4n) is 1.86. The fraction of sp³-hybridized carbons (Fsp3) is 0.500. The molecule has 0 aliphatic carbocycles. The summed E-state index contributed by atoms with van der Waals surface area (Å²) < 4.78 is 5.43. The van der Waals surface area contributed by atoms with Crippen LogP contribution < -0.4 is 11.1 Å². The van der Waals surface area contributed by atoms with Crippen molar-refractivity contribution in [1.82, 2.24) is 5.32 Å². The topological polar surface area (TPSA) is 64.3 Å². The van der Waals surface area contributed by atoms with Gasteiger partial charge in [-0.2, -0.15) is 0 Å². The summed E-state index contributed by atoms with van der Waals surface area (Å²) in [6.07, 6.45) is 0.523. The molecule has 3 N–H and O–H groups in total. The van der Waals surface area contributed by atoms with E-state index in [1.165, 1.54) is 0 Å². The molecule has 0 aliphatic heterocycles. The molecular weight excluding hydrogens is 284 g/mol. The van der Waals surface area contributed by atoms with Crippen LogP contribution in [0, 0.1) is 11.8 Å². The number of rotatable bonds is 9. The highest BCUT2D eigenvalue weighted by atomic mass is 32.1. The van der Waals surface area contributed by atoms with Crippen molar-refractivity contribution in [3.05, 3.63) is 35.9 Å². The van der Waals surface area contributed by atoms with Crippen molar-refractivity contribution in [2.45, 2.75) is 20.3 Å². The van der Waals surface area contributed by atoms with E-state index in [-0.39, 0.29) is 10.9 Å². The second-order valence-electron chi connectivity index (χ2n) is 5.40. The Morgan fingerprint density at radius 2 is 2.00 bits per heavy atom. The van der Waals surface area contributed by atoms with E-state index in [4.69, 9.17) is 22.7 Å². The molecule has 0 fully saturated rings. The number of benzene rings is 1. The monoisotopic (exact) mass is 308 g/mol. The Labute approximate surface area is 132 Å². The van der Waals surface area contributed by atoms with Crippen LogP contribution in [-0.2, 0) is 16.0 Å². The van der Waals surface area contributed by atoms with Gasteiger partial charge >= 0.3 is 0 Å². The molecule has 0 aromatic heterocycles. The van der Waals surface area contributed by atoms with E-state index in [9.17, 15) is 4.79 Å². The molecule has 0 saturated heterocycles. The number of nitrogens with one attached hydrogen (secondary N) is 1. The van der Waals surface area contributed by atoms with Crippen LogP contribution in [0.25, 0.3) is 0 Å². The van der Waals surface area contributed by atoms with Crippen LogP contribution in [0.3, 0.4) is 0 Å². The average Bonchev–Trinajstić information content (AvgIpc) is 2.44. The highest BCUT2D eigenvalue weighted by Crippen LogP contribution is 2.09. The number of carbonyl (C=O) groups is 1. The van der Waals surface area contributed by atoms with Crippen molar-refractivity contribution in [3.63, 3.8) is 0 Å². The zero-order chi connectivity index (χ0) is 15.7. The molecule has 0 radical (unpaired) electrons. The summed E-state index contributed by atoms with van der Waals surface area (Å²) in [5, 5.41) is 2.83. The smallest absolute Gasteiger partial charge is 0.230 e. The Morgan fingerprint density at radius 3 is 2.57 bits per heavy atom. The van der Waals surface area contributed by atoms with Gasteiger partial charge in [0.25, 0.3) is 0 Å². The van der Waals surface area contributed by atoms with Crippen molar-refractivity contribution in [1.29, 1.82) is 0 Å². The first-order chi connectivity index (χ1) is 10.0. The molecule has 1 atom stereocenters. The number of nitrogens with two attached hydrogens (primary N) is 1. The summed E-state index contributed by atoms with van der Waals surface area (Å²) in [5.74, 6) is -0.129. The molecule has 1 amide bonds. The SMILES string of the molecule is CC(C)COCCNC(=O)C(Cc1ccccc1)C(N)=S. The molecule has 1 rings (SSSR count). The molecule has 1 aromatic rings. The van der Waals surface area contributed by atoms with Crippen LogP contribution in [0.2, 0.25) is 0 Å². The van der Waals surface area contributed by atoms with Gasteiger partial charge in [-0.05, 0) is 17.9 Å². The quantitative estimate of drug-likeness (QED) is 0.540. The van der Waals surface area contributed by atoms with Gasteiger partial charge in [0.1, 0.15) is 0 Å². The Hall–Kier alpha value is -1.46. The lowest BCUT2D eigenvalue weighted by atomic mass is 9.98. The number of ether oxygens (including phenoxy) is 1. The minimum absolute atomic E-state index is 0.139. The van der Waals surface area contributed by atoms with Gasteiger partial charge in [0, 0.05) is 13.2 Å². The molecule has 5 heteroatoms. The first-order valence-corrected chi connectivity index (χ1v) is 7.60. The van der Waals surface area contributed by atoms with Gasteiger partial charge in [-0.1, -0.05) is 56.4 Å². The van der Waals surface area contributed by atoms with Gasteiger partial charge in [0.15, 0.2) is 0 Å². The summed E-state index contributed by atoms with van der Waals surface area (Å²) in [5.41, 5.74) is 6.74. The molecule has 0 bridgehead atoms. The average molecular weight is 308 g/mol. The van der Waals surface area contributed by atoms with Crippen LogP contribution >= 0.6 is 12.2 Å². The first kappa shape index (κ1) is 17.6. The predicted octanol–water partition coefficient (Wildman–Crippen LogP) is 1.92. The molecule has 0 aliphatic rings. The second kappa shape index (κ2) is 9.47. The van der Waals surface area contributed by atoms with Crippen molar-refractivity contribution in [3.8, 4) is 0 Å². The predicted molar refractivity (Wildman–Crippen MR) is 89.1 cm³/mol. The van der Waals surface area contributed by atoms with Gasteiger partial charge in [0.2, 0.25) is 5.91 Å². The third-order valence-electron chi connectivity index (χ3n) is 2.94. The standard InChI is InChI=1S/C16H24N2O2S/c1-12(2)11-20-9-8-18-16(19)14(15(17)21)10-13-6-4-3-5-7-13/h3-7,12,14H,8-11H2,1-2H3,(H2,17,21)(H,18,19). The van der Waals surface area contributed by atoms with Crippen LogP contribution in [0.5, 0.6) is 0 Å². The fourth-order valence-corrected chi connectivity index (χ4v) is 2.05. The highest BCUT2D eigenvalue weighted by Gasteiger charge is 2.21. The second-order valence-corrected chi connectivity index (χ2v) is 5.88. The maximum atomic E-state index is 12.2. The molecule has 116 valence electrons. The normalized spacial score (nSPS) is 12.1. The van der Waals surface area contributed by atoms with Gasteiger partial charge in [-0.25, -0.2) is 0 Å². The van der Waals surface area contributed by atoms with E-state index >= 15 is 0 Å². The zero-order valence-corrected chi connectivity index (χ0v) is 13.5. The van der Waals surface area contributed by atoms with Crippen LogP contribution in [0.1, 0.15) is 19.4 Å². The summed E-state index contributed by atoms with van der Waals surface area (Å²) in [7, 11) is 0. The van der Waals surface area contributed by atoms with Crippen LogP contribution in [0.4, 0.5) is 0 Å². The Morgan fingerprint density at radius 1 is 1.33 bits per heavy atom. The molecule has 4 nitrogen and oxygen atoms in total. The lowest BCUT2D eigenvalue weighted by Crippen LogP contribution is -2.40. The molecule has 21 heavy (non-hydrogen) atoms. The van der Waals surface area contributed by atoms with Crippen molar-refractivity contribution in [2.75, 3.05) is 19.8 Å². The number of hydrogen-bond acceptors (Lipinski definition) is 3. The van der Waals surface area contributed by atoms with Gasteiger partial charge < -0.3 is 15.8 Å². The van der Waals surface area contributed by atoms with Gasteiger partial charge in [-0.3, -0.25) is 4.79 Å². The summed E-state index contributed by atoms with van der Waals surface area (Å²) in [4.78, 5) is 12.4. The minimum atomic E-state index is -0.479. The van der Waals surface area contributed by atoms with Gasteiger partial charge in [-0.15, -0.1) is 0 Å². The molecule has 1 unspecified atom stereocenters.